The van der Waals surface area contributed by atoms with Gasteiger partial charge in [0.15, 0.2) is 11.5 Å². The number of halogens is 1. The largest absolute Gasteiger partial charge is 0.493 e. The number of hydrogen-bond acceptors (Lipinski definition) is 9. The van der Waals surface area contributed by atoms with Crippen LogP contribution in [0.5, 0.6) is 11.5 Å². The maximum atomic E-state index is 13.2. The Morgan fingerprint density at radius 1 is 1.24 bits per heavy atom. The van der Waals surface area contributed by atoms with Crippen LogP contribution in [-0.2, 0) is 19.1 Å². The van der Waals surface area contributed by atoms with Gasteiger partial charge in [-0.05, 0) is 61.1 Å². The Kier molecular flexibility index (Phi) is 14.0. The number of aliphatic hydroxyl groups is 2. The van der Waals surface area contributed by atoms with Crippen LogP contribution in [0.2, 0.25) is 0 Å². The van der Waals surface area contributed by atoms with Crippen molar-refractivity contribution in [1.82, 2.24) is 10.2 Å². The van der Waals surface area contributed by atoms with Crippen molar-refractivity contribution in [2.75, 3.05) is 53.2 Å². The van der Waals surface area contributed by atoms with Gasteiger partial charge in [-0.1, -0.05) is 0 Å². The lowest BCUT2D eigenvalue weighted by Gasteiger charge is -2.40. The molecule has 11 nitrogen and oxygen atoms in total. The minimum atomic E-state index is -1.20. The molecule has 0 saturated carbocycles. The van der Waals surface area contributed by atoms with Gasteiger partial charge in [-0.25, -0.2) is 0 Å². The number of aldehydes is 1. The van der Waals surface area contributed by atoms with Gasteiger partial charge in [-0.2, -0.15) is 0 Å². The highest BCUT2D eigenvalue weighted by Gasteiger charge is 2.40. The van der Waals surface area contributed by atoms with Gasteiger partial charge >= 0.3 is 0 Å². The zero-order chi connectivity index (χ0) is 28.1. The normalized spacial score (nSPS) is 18.9. The van der Waals surface area contributed by atoms with Crippen molar-refractivity contribution >= 4 is 40.7 Å². The van der Waals surface area contributed by atoms with Gasteiger partial charge in [-0.15, -0.1) is 0 Å². The average Bonchev–Trinajstić information content (AvgIpc) is 2.92. The molecule has 12 heteroatoms. The predicted molar refractivity (Wildman–Crippen MR) is 147 cm³/mol. The van der Waals surface area contributed by atoms with E-state index in [1.165, 1.54) is 24.2 Å². The zero-order valence-corrected chi connectivity index (χ0v) is 24.1. The fourth-order valence-corrected chi connectivity index (χ4v) is 4.82. The summed E-state index contributed by atoms with van der Waals surface area (Å²) in [4.78, 5) is 38.9. The van der Waals surface area contributed by atoms with Crippen molar-refractivity contribution in [2.24, 2.45) is 0 Å². The van der Waals surface area contributed by atoms with E-state index in [9.17, 15) is 19.5 Å². The zero-order valence-electron chi connectivity index (χ0n) is 22.0. The molecule has 0 bridgehead atoms. The molecule has 38 heavy (non-hydrogen) atoms. The summed E-state index contributed by atoms with van der Waals surface area (Å²) in [6.07, 6.45) is 0.574. The molecule has 3 atom stereocenters. The number of nitrogens with zero attached hydrogens (tertiary/aromatic N) is 1. The van der Waals surface area contributed by atoms with Crippen LogP contribution >= 0.6 is 22.6 Å². The van der Waals surface area contributed by atoms with Gasteiger partial charge in [0, 0.05) is 50.5 Å². The number of carbonyl (C=O) groups excluding carboxylic acids is 3. The quantitative estimate of drug-likeness (QED) is 0.137. The van der Waals surface area contributed by atoms with E-state index in [0.29, 0.717) is 53.0 Å². The van der Waals surface area contributed by atoms with Crippen LogP contribution in [0.3, 0.4) is 0 Å². The average molecular weight is 648 g/mol. The lowest BCUT2D eigenvalue weighted by molar-refractivity contribution is -0.143. The fraction of sp³-hybridized carbons (Fsp3) is 0.577. The van der Waals surface area contributed by atoms with Gasteiger partial charge in [0.2, 0.25) is 11.8 Å². The van der Waals surface area contributed by atoms with E-state index in [0.717, 1.165) is 0 Å². The lowest BCUT2D eigenvalue weighted by Crippen LogP contribution is -2.56. The van der Waals surface area contributed by atoms with Crippen LogP contribution in [0.25, 0.3) is 0 Å². The maximum absolute atomic E-state index is 13.2. The van der Waals surface area contributed by atoms with Crippen molar-refractivity contribution in [2.45, 2.75) is 44.9 Å². The first-order chi connectivity index (χ1) is 18.3. The number of carbonyl (C=O) groups is 3. The molecule has 2 rings (SSSR count). The molecule has 1 aromatic rings. The minimum absolute atomic E-state index is 0.0507. The monoisotopic (exact) mass is 648 g/mol. The highest BCUT2D eigenvalue weighted by atomic mass is 127. The number of amides is 2. The number of aliphatic hydroxyl groups excluding tert-OH is 2. The molecule has 2 amide bonds. The summed E-state index contributed by atoms with van der Waals surface area (Å²) in [6, 6.07) is 2.33. The lowest BCUT2D eigenvalue weighted by atomic mass is 9.88. The minimum Gasteiger partial charge on any atom is -0.493 e. The van der Waals surface area contributed by atoms with Gasteiger partial charge in [0.05, 0.1) is 23.3 Å². The van der Waals surface area contributed by atoms with E-state index in [4.69, 9.17) is 24.1 Å². The van der Waals surface area contributed by atoms with E-state index in [-0.39, 0.29) is 44.4 Å². The molecule has 0 fully saturated rings. The maximum Gasteiger partial charge on any atom is 0.248 e. The van der Waals surface area contributed by atoms with Gasteiger partial charge in [0.25, 0.3) is 0 Å². The molecule has 0 saturated heterocycles. The summed E-state index contributed by atoms with van der Waals surface area (Å²) in [7, 11) is 1.43. The second kappa shape index (κ2) is 16.6. The Labute approximate surface area is 236 Å². The van der Waals surface area contributed by atoms with Crippen molar-refractivity contribution in [3.63, 3.8) is 0 Å². The topological polar surface area (TPSA) is 144 Å². The van der Waals surface area contributed by atoms with Gasteiger partial charge < -0.3 is 39.4 Å². The molecule has 1 aromatic carbocycles. The van der Waals surface area contributed by atoms with Crippen molar-refractivity contribution in [1.29, 1.82) is 0 Å². The highest BCUT2D eigenvalue weighted by molar-refractivity contribution is 14.1. The number of hydrogen-bond donors (Lipinski definition) is 3. The van der Waals surface area contributed by atoms with Crippen LogP contribution in [0.15, 0.2) is 23.8 Å². The van der Waals surface area contributed by atoms with Crippen LogP contribution < -0.4 is 14.8 Å². The SMILES string of the molecule is CCOCCCN(C(=O)COCC)C1CC(C(=O)NCCO)=CC(Oc2c(I)cc(C=O)cc2OC)C1O. The molecular formula is C26H37IN2O9. The third kappa shape index (κ3) is 8.90. The van der Waals surface area contributed by atoms with E-state index >= 15 is 0 Å². The van der Waals surface area contributed by atoms with E-state index in [1.54, 1.807) is 13.0 Å². The molecule has 1 aliphatic rings. The fourth-order valence-electron chi connectivity index (χ4n) is 4.07. The number of rotatable bonds is 16. The Hall–Kier alpha value is -2.26. The molecular weight excluding hydrogens is 611 g/mol. The Morgan fingerprint density at radius 2 is 1.97 bits per heavy atom. The molecule has 0 aromatic heterocycles. The molecule has 0 aliphatic heterocycles. The number of ether oxygens (including phenoxy) is 4. The van der Waals surface area contributed by atoms with E-state index < -0.39 is 24.2 Å². The van der Waals surface area contributed by atoms with E-state index in [2.05, 4.69) is 5.32 Å². The Morgan fingerprint density at radius 3 is 2.61 bits per heavy atom. The van der Waals surface area contributed by atoms with Crippen LogP contribution in [0.1, 0.15) is 37.0 Å². The Balaban J connectivity index is 2.46. The third-order valence-corrected chi connectivity index (χ3v) is 6.70. The summed E-state index contributed by atoms with van der Waals surface area (Å²) in [6.45, 7) is 4.89. The molecule has 0 spiro atoms. The first-order valence-electron chi connectivity index (χ1n) is 12.5. The van der Waals surface area contributed by atoms with Crippen LogP contribution in [0, 0.1) is 3.57 Å². The van der Waals surface area contributed by atoms with Crippen molar-refractivity contribution < 1.29 is 43.5 Å². The number of benzene rings is 1. The third-order valence-electron chi connectivity index (χ3n) is 5.90. The second-order valence-electron chi connectivity index (χ2n) is 8.44. The smallest absolute Gasteiger partial charge is 0.248 e. The van der Waals surface area contributed by atoms with Crippen LogP contribution in [-0.4, -0.2) is 105 Å². The first kappa shape index (κ1) is 32.0. The highest BCUT2D eigenvalue weighted by Crippen LogP contribution is 2.37. The van der Waals surface area contributed by atoms with E-state index in [1.807, 2.05) is 29.5 Å². The molecule has 0 radical (unpaired) electrons. The molecule has 0 heterocycles. The first-order valence-corrected chi connectivity index (χ1v) is 13.6. The molecule has 212 valence electrons. The van der Waals surface area contributed by atoms with Gasteiger partial charge in [0.1, 0.15) is 25.1 Å². The molecule has 1 aliphatic carbocycles. The standard InChI is InChI=1S/C26H37IN2O9/c1-4-36-10-6-8-29(23(32)16-37-5-2)20-13-18(26(34)28-7-9-30)14-21(24(20)33)38-25-19(27)11-17(15-31)12-22(25)35-3/h11-12,14-15,20-21,24,30,33H,4-10,13,16H2,1-3H3,(H,28,34). The molecule has 3 N–H and O–H groups in total. The van der Waals surface area contributed by atoms with Crippen molar-refractivity contribution in [3.05, 3.63) is 32.9 Å². The summed E-state index contributed by atoms with van der Waals surface area (Å²) in [5, 5.41) is 23.2. The van der Waals surface area contributed by atoms with Crippen LogP contribution in [0.4, 0.5) is 0 Å². The number of methoxy groups -OCH3 is 1. The molecule has 3 unspecified atom stereocenters. The summed E-state index contributed by atoms with van der Waals surface area (Å²) >= 11 is 2.00. The number of nitrogens with one attached hydrogen (secondary N) is 1. The van der Waals surface area contributed by atoms with Gasteiger partial charge in [-0.3, -0.25) is 14.4 Å². The second-order valence-corrected chi connectivity index (χ2v) is 9.60. The summed E-state index contributed by atoms with van der Waals surface area (Å²) in [5.41, 5.74) is 0.693. The summed E-state index contributed by atoms with van der Waals surface area (Å²) in [5.74, 6) is -0.188. The van der Waals surface area contributed by atoms with Crippen molar-refractivity contribution in [3.8, 4) is 11.5 Å². The predicted octanol–water partition coefficient (Wildman–Crippen LogP) is 1.32. The summed E-state index contributed by atoms with van der Waals surface area (Å²) < 4.78 is 22.9. The Bertz CT molecular complexity index is 972.